The second kappa shape index (κ2) is 8.94. The quantitative estimate of drug-likeness (QED) is 0.404. The normalized spacial score (nSPS) is 19.6. The fraction of sp³-hybridized carbons (Fsp3) is 0.385. The number of furan rings is 1. The van der Waals surface area contributed by atoms with Crippen molar-refractivity contribution < 1.29 is 23.8 Å². The Kier molecular flexibility index (Phi) is 5.91. The van der Waals surface area contributed by atoms with Gasteiger partial charge in [-0.2, -0.15) is 0 Å². The lowest BCUT2D eigenvalue weighted by molar-refractivity contribution is -0.141. The summed E-state index contributed by atoms with van der Waals surface area (Å²) in [5.41, 5.74) is -0.646. The van der Waals surface area contributed by atoms with E-state index in [4.69, 9.17) is 9.15 Å². The zero-order valence-corrected chi connectivity index (χ0v) is 20.0. The molecule has 2 aromatic carbocycles. The minimum Gasteiger partial charge on any atom is -0.480 e. The molecule has 5 rings (SSSR count). The van der Waals surface area contributed by atoms with Gasteiger partial charge >= 0.3 is 5.97 Å². The van der Waals surface area contributed by atoms with Crippen molar-refractivity contribution in [3.8, 4) is 0 Å². The number of anilines is 3. The highest BCUT2D eigenvalue weighted by atomic mass is 16.5. The van der Waals surface area contributed by atoms with E-state index < -0.39 is 28.8 Å². The molecule has 10 nitrogen and oxygen atoms in total. The van der Waals surface area contributed by atoms with Gasteiger partial charge in [0.1, 0.15) is 28.9 Å². The van der Waals surface area contributed by atoms with Crippen molar-refractivity contribution in [2.75, 3.05) is 30.4 Å². The summed E-state index contributed by atoms with van der Waals surface area (Å²) in [5, 5.41) is 15.6. The van der Waals surface area contributed by atoms with Crippen LogP contribution >= 0.6 is 0 Å². The smallest absolute Gasteiger partial charge is 0.326 e. The number of carbonyl (C=O) groups is 2. The number of rotatable bonds is 8. The number of likely N-dealkylation sites (tertiary alicyclic amines) is 1. The molecule has 3 heterocycles. The van der Waals surface area contributed by atoms with Crippen LogP contribution in [0, 0.1) is 12.3 Å². The lowest BCUT2D eigenvalue weighted by Crippen LogP contribution is -2.49. The summed E-state index contributed by atoms with van der Waals surface area (Å²) >= 11 is 0. The third-order valence-electron chi connectivity index (χ3n) is 6.98. The van der Waals surface area contributed by atoms with Crippen molar-refractivity contribution in [3.63, 3.8) is 0 Å². The van der Waals surface area contributed by atoms with Gasteiger partial charge in [-0.1, -0.05) is 13.0 Å². The molecule has 1 aromatic heterocycles. The number of hydrogen-bond acceptors (Lipinski definition) is 8. The Labute approximate surface area is 206 Å². The Hall–Kier alpha value is -3.92. The van der Waals surface area contributed by atoms with E-state index >= 15 is 0 Å². The van der Waals surface area contributed by atoms with E-state index in [9.17, 15) is 24.3 Å². The summed E-state index contributed by atoms with van der Waals surface area (Å²) in [6, 6.07) is 8.90. The molecule has 2 atom stereocenters. The van der Waals surface area contributed by atoms with Crippen LogP contribution < -0.4 is 21.5 Å². The Bertz CT molecular complexity index is 1400. The first-order valence-corrected chi connectivity index (χ1v) is 11.8. The van der Waals surface area contributed by atoms with Crippen LogP contribution in [0.5, 0.6) is 0 Å². The highest BCUT2D eigenvalue weighted by molar-refractivity contribution is 5.98. The van der Waals surface area contributed by atoms with E-state index in [0.29, 0.717) is 49.6 Å². The van der Waals surface area contributed by atoms with E-state index in [1.165, 1.54) is 4.90 Å². The number of aryl methyl sites for hydroxylation is 1. The summed E-state index contributed by atoms with van der Waals surface area (Å²) in [7, 11) is 0. The lowest BCUT2D eigenvalue weighted by atomic mass is 9.79. The molecule has 188 valence electrons. The van der Waals surface area contributed by atoms with Gasteiger partial charge in [-0.3, -0.25) is 14.4 Å². The van der Waals surface area contributed by atoms with E-state index in [1.54, 1.807) is 24.3 Å². The molecule has 0 aliphatic carbocycles. The maximum atomic E-state index is 13.0. The first-order valence-electron chi connectivity index (χ1n) is 11.8. The minimum absolute atomic E-state index is 0.103. The molecule has 0 saturated carbocycles. The number of ether oxygens (including phenoxy) is 1. The largest absolute Gasteiger partial charge is 0.480 e. The fourth-order valence-electron chi connectivity index (χ4n) is 4.89. The van der Waals surface area contributed by atoms with Crippen LogP contribution in [0.2, 0.25) is 0 Å². The second-order valence-electron chi connectivity index (χ2n) is 9.78. The van der Waals surface area contributed by atoms with Gasteiger partial charge in [-0.25, -0.2) is 4.79 Å². The molecule has 0 spiro atoms. The van der Waals surface area contributed by atoms with Crippen LogP contribution in [0.3, 0.4) is 0 Å². The molecule has 1 amide bonds. The maximum absolute atomic E-state index is 13.0. The van der Waals surface area contributed by atoms with Gasteiger partial charge in [0, 0.05) is 23.2 Å². The number of nitrogens with one attached hydrogen (secondary N) is 2. The molecule has 2 unspecified atom stereocenters. The number of benzene rings is 1. The van der Waals surface area contributed by atoms with Crippen LogP contribution in [0.4, 0.5) is 17.1 Å². The van der Waals surface area contributed by atoms with Gasteiger partial charge in [0.05, 0.1) is 19.3 Å². The number of carboxylic acids is 1. The molecule has 3 aromatic rings. The number of nitrogens with zero attached hydrogens (tertiary/aromatic N) is 1. The number of aliphatic carboxylic acids is 1. The third-order valence-corrected chi connectivity index (χ3v) is 6.98. The third kappa shape index (κ3) is 4.07. The average molecular weight is 494 g/mol. The molecule has 2 saturated heterocycles. The predicted octanol–water partition coefficient (Wildman–Crippen LogP) is 2.81. The zero-order chi connectivity index (χ0) is 25.6. The van der Waals surface area contributed by atoms with E-state index in [-0.39, 0.29) is 22.8 Å². The lowest BCUT2D eigenvalue weighted by Gasteiger charge is -2.44. The number of carboxylic acid groups (broad SMARTS) is 1. The Morgan fingerprint density at radius 3 is 2.53 bits per heavy atom. The summed E-state index contributed by atoms with van der Waals surface area (Å²) in [6.45, 7) is 5.17. The number of carbonyl (C=O) groups excluding carboxylic acids is 1. The van der Waals surface area contributed by atoms with Crippen molar-refractivity contribution in [1.82, 2.24) is 4.90 Å². The second-order valence-corrected chi connectivity index (χ2v) is 9.78. The highest BCUT2D eigenvalue weighted by Crippen LogP contribution is 2.43. The molecule has 0 bridgehead atoms. The molecule has 36 heavy (non-hydrogen) atoms. The van der Waals surface area contributed by atoms with Crippen molar-refractivity contribution in [3.05, 3.63) is 73.9 Å². The van der Waals surface area contributed by atoms with Gasteiger partial charge < -0.3 is 29.8 Å². The number of amides is 1. The van der Waals surface area contributed by atoms with Crippen molar-refractivity contribution in [1.29, 1.82) is 0 Å². The molecule has 10 heteroatoms. The van der Waals surface area contributed by atoms with Crippen LogP contribution in [0.1, 0.15) is 47.7 Å². The van der Waals surface area contributed by atoms with Crippen molar-refractivity contribution in [2.24, 2.45) is 5.41 Å². The standard InChI is InChI=1S/C26H27N3O7/c1-14-8-9-18(36-14)23(26(2)12-35-13-26)28-20-19(21(30)22(20)31)27-16-6-3-5-15(11-16)24(32)29-10-4-7-17(29)25(33)34/h3,5-6,8-9,11,17,23,27-28H,4,7,10,12-13H2,1-2H3,(H,33,34). The molecular formula is C26H27N3O7. The molecule has 3 N–H and O–H groups in total. The van der Waals surface area contributed by atoms with Crippen LogP contribution in [0.25, 0.3) is 0 Å². The summed E-state index contributed by atoms with van der Waals surface area (Å²) in [6.07, 6.45) is 1.04. The van der Waals surface area contributed by atoms with E-state index in [0.717, 1.165) is 5.76 Å². The topological polar surface area (TPSA) is 138 Å². The molecule has 0 radical (unpaired) electrons. The molecule has 2 aliphatic rings. The Balaban J connectivity index is 1.39. The highest BCUT2D eigenvalue weighted by Gasteiger charge is 2.45. The van der Waals surface area contributed by atoms with Gasteiger partial charge in [0.25, 0.3) is 16.8 Å². The van der Waals surface area contributed by atoms with Crippen LogP contribution in [0.15, 0.2) is 50.4 Å². The number of hydrogen-bond donors (Lipinski definition) is 3. The monoisotopic (exact) mass is 493 g/mol. The average Bonchev–Trinajstić information content (AvgIpc) is 3.51. The zero-order valence-electron chi connectivity index (χ0n) is 20.0. The van der Waals surface area contributed by atoms with Crippen LogP contribution in [-0.4, -0.2) is 47.7 Å². The predicted molar refractivity (Wildman–Crippen MR) is 132 cm³/mol. The molecule has 2 aliphatic heterocycles. The fourth-order valence-corrected chi connectivity index (χ4v) is 4.89. The Morgan fingerprint density at radius 1 is 1.14 bits per heavy atom. The van der Waals surface area contributed by atoms with Crippen LogP contribution in [-0.2, 0) is 9.53 Å². The van der Waals surface area contributed by atoms with E-state index in [1.807, 2.05) is 26.0 Å². The van der Waals surface area contributed by atoms with Gasteiger partial charge in [-0.15, -0.1) is 0 Å². The first kappa shape index (κ1) is 23.8. The Morgan fingerprint density at radius 2 is 1.89 bits per heavy atom. The van der Waals surface area contributed by atoms with Crippen molar-refractivity contribution >= 4 is 28.9 Å². The van der Waals surface area contributed by atoms with Gasteiger partial charge in [0.2, 0.25) is 0 Å². The minimum atomic E-state index is -1.03. The van der Waals surface area contributed by atoms with E-state index in [2.05, 4.69) is 10.6 Å². The summed E-state index contributed by atoms with van der Waals surface area (Å²) in [5.74, 6) is -0.0448. The maximum Gasteiger partial charge on any atom is 0.326 e. The molecule has 2 fully saturated rings. The summed E-state index contributed by atoms with van der Waals surface area (Å²) < 4.78 is 11.2. The van der Waals surface area contributed by atoms with Gasteiger partial charge in [-0.05, 0) is 50.1 Å². The SMILES string of the molecule is Cc1ccc(C(Nc2c(Nc3cccc(C(=O)N4CCCC4C(=O)O)c3)c(=O)c2=O)C2(C)COC2)o1. The van der Waals surface area contributed by atoms with Crippen molar-refractivity contribution in [2.45, 2.75) is 38.8 Å². The first-order chi connectivity index (χ1) is 17.2. The summed E-state index contributed by atoms with van der Waals surface area (Å²) in [4.78, 5) is 50.8. The van der Waals surface area contributed by atoms with Gasteiger partial charge in [0.15, 0.2) is 0 Å². The molecular weight excluding hydrogens is 466 g/mol.